The molecule has 3 N–H and O–H groups in total. The highest BCUT2D eigenvalue weighted by molar-refractivity contribution is 6.31. The van der Waals surface area contributed by atoms with E-state index < -0.39 is 0 Å². The number of nitrogens with zero attached hydrogens (tertiary/aromatic N) is 2. The van der Waals surface area contributed by atoms with Gasteiger partial charge in [0.2, 0.25) is 11.9 Å². The number of rotatable bonds is 4. The summed E-state index contributed by atoms with van der Waals surface area (Å²) in [5.41, 5.74) is 4.16. The Hall–Kier alpha value is -3.45. The Kier molecular flexibility index (Phi) is 5.84. The molecule has 0 bridgehead atoms. The predicted octanol–water partition coefficient (Wildman–Crippen LogP) is 4.81. The minimum atomic E-state index is -0.142. The molecule has 2 amide bonds. The molecule has 0 unspecified atom stereocenters. The molecule has 0 atom stereocenters. The summed E-state index contributed by atoms with van der Waals surface area (Å²) in [5, 5.41) is 9.50. The standard InChI is InChI=1S/C24H24ClN5O2/c1-24(2,3)13-27-22(32)14-4-7-17(8-5-14)28-23-26-12-15-10-20(31)29-19-11-16(25)6-9-18(19)21(15)30-23/h4-9,11-12H,10,13H2,1-3H3,(H,27,32)(H,29,31)(H,26,28,30). The van der Waals surface area contributed by atoms with E-state index in [0.717, 1.165) is 16.8 Å². The van der Waals surface area contributed by atoms with Crippen molar-refractivity contribution < 1.29 is 9.59 Å². The van der Waals surface area contributed by atoms with Gasteiger partial charge in [0.05, 0.1) is 17.8 Å². The zero-order valence-electron chi connectivity index (χ0n) is 18.1. The minimum Gasteiger partial charge on any atom is -0.352 e. The van der Waals surface area contributed by atoms with Crippen LogP contribution in [0.2, 0.25) is 5.02 Å². The highest BCUT2D eigenvalue weighted by Gasteiger charge is 2.21. The molecule has 1 aliphatic heterocycles. The maximum Gasteiger partial charge on any atom is 0.251 e. The zero-order chi connectivity index (χ0) is 22.9. The fourth-order valence-corrected chi connectivity index (χ4v) is 3.48. The molecule has 0 saturated heterocycles. The van der Waals surface area contributed by atoms with Gasteiger partial charge in [-0.05, 0) is 47.9 Å². The smallest absolute Gasteiger partial charge is 0.251 e. The zero-order valence-corrected chi connectivity index (χ0v) is 18.9. The van der Waals surface area contributed by atoms with Crippen molar-refractivity contribution in [2.75, 3.05) is 17.2 Å². The van der Waals surface area contributed by atoms with E-state index in [-0.39, 0.29) is 23.7 Å². The van der Waals surface area contributed by atoms with Crippen LogP contribution in [0, 0.1) is 5.41 Å². The lowest BCUT2D eigenvalue weighted by Gasteiger charge is -2.18. The van der Waals surface area contributed by atoms with Crippen molar-refractivity contribution in [2.24, 2.45) is 5.41 Å². The fraction of sp³-hybridized carbons (Fsp3) is 0.250. The van der Waals surface area contributed by atoms with Crippen LogP contribution in [0.15, 0.2) is 48.7 Å². The van der Waals surface area contributed by atoms with E-state index in [2.05, 4.69) is 46.7 Å². The van der Waals surface area contributed by atoms with Crippen LogP contribution in [0.3, 0.4) is 0 Å². The third kappa shape index (κ3) is 5.06. The molecule has 8 heteroatoms. The normalized spacial score (nSPS) is 12.8. The van der Waals surface area contributed by atoms with Crippen LogP contribution in [0.1, 0.15) is 36.7 Å². The van der Waals surface area contributed by atoms with Crippen LogP contribution in [-0.2, 0) is 11.2 Å². The molecule has 0 spiro atoms. The van der Waals surface area contributed by atoms with Crippen LogP contribution < -0.4 is 16.0 Å². The van der Waals surface area contributed by atoms with Gasteiger partial charge in [-0.1, -0.05) is 32.4 Å². The van der Waals surface area contributed by atoms with Gasteiger partial charge in [0.1, 0.15) is 0 Å². The van der Waals surface area contributed by atoms with Crippen molar-refractivity contribution >= 4 is 40.7 Å². The number of hydrogen-bond donors (Lipinski definition) is 3. The van der Waals surface area contributed by atoms with Crippen LogP contribution in [-0.4, -0.2) is 28.3 Å². The number of halogens is 1. The number of anilines is 3. The summed E-state index contributed by atoms with van der Waals surface area (Å²) in [5.74, 6) is 0.140. The SMILES string of the molecule is CC(C)(C)CNC(=O)c1ccc(Nc2ncc3c(n2)-c2ccc(Cl)cc2NC(=O)C3)cc1. The molecule has 7 nitrogen and oxygen atoms in total. The van der Waals surface area contributed by atoms with E-state index in [1.54, 1.807) is 42.6 Å². The number of fused-ring (bicyclic) bond motifs is 3. The highest BCUT2D eigenvalue weighted by atomic mass is 35.5. The Morgan fingerprint density at radius 3 is 2.62 bits per heavy atom. The summed E-state index contributed by atoms with van der Waals surface area (Å²) >= 11 is 6.10. The fourth-order valence-electron chi connectivity index (χ4n) is 3.30. The van der Waals surface area contributed by atoms with Gasteiger partial charge in [0, 0.05) is 40.1 Å². The highest BCUT2D eigenvalue weighted by Crippen LogP contribution is 2.34. The van der Waals surface area contributed by atoms with E-state index in [4.69, 9.17) is 11.6 Å². The Bertz CT molecular complexity index is 1190. The second-order valence-electron chi connectivity index (χ2n) is 8.93. The summed E-state index contributed by atoms with van der Waals surface area (Å²) < 4.78 is 0. The third-order valence-electron chi connectivity index (χ3n) is 4.91. The molecule has 3 aromatic rings. The second-order valence-corrected chi connectivity index (χ2v) is 9.36. The molecule has 4 rings (SSSR count). The Morgan fingerprint density at radius 2 is 1.91 bits per heavy atom. The van der Waals surface area contributed by atoms with E-state index in [0.29, 0.717) is 34.5 Å². The third-order valence-corrected chi connectivity index (χ3v) is 5.14. The van der Waals surface area contributed by atoms with Gasteiger partial charge < -0.3 is 16.0 Å². The number of carbonyl (C=O) groups is 2. The molecule has 0 saturated carbocycles. The summed E-state index contributed by atoms with van der Waals surface area (Å²) in [6.45, 7) is 6.80. The van der Waals surface area contributed by atoms with Crippen LogP contribution in [0.5, 0.6) is 0 Å². The van der Waals surface area contributed by atoms with Crippen LogP contribution in [0.4, 0.5) is 17.3 Å². The monoisotopic (exact) mass is 449 g/mol. The quantitative estimate of drug-likeness (QED) is 0.531. The number of nitrogens with one attached hydrogen (secondary N) is 3. The largest absolute Gasteiger partial charge is 0.352 e. The lowest BCUT2D eigenvalue weighted by atomic mass is 9.97. The van der Waals surface area contributed by atoms with Gasteiger partial charge in [-0.3, -0.25) is 9.59 Å². The van der Waals surface area contributed by atoms with Gasteiger partial charge in [0.25, 0.3) is 5.91 Å². The van der Waals surface area contributed by atoms with Gasteiger partial charge in [-0.15, -0.1) is 0 Å². The van der Waals surface area contributed by atoms with Crippen molar-refractivity contribution in [1.29, 1.82) is 0 Å². The average Bonchev–Trinajstić information content (AvgIpc) is 2.86. The molecule has 2 aromatic carbocycles. The molecular formula is C24H24ClN5O2. The van der Waals surface area contributed by atoms with Crippen molar-refractivity contribution in [3.63, 3.8) is 0 Å². The molecule has 1 aromatic heterocycles. The van der Waals surface area contributed by atoms with Crippen molar-refractivity contribution in [3.8, 4) is 11.3 Å². The summed E-state index contributed by atoms with van der Waals surface area (Å²) in [6, 6.07) is 12.4. The van der Waals surface area contributed by atoms with Crippen molar-refractivity contribution in [3.05, 3.63) is 64.8 Å². The van der Waals surface area contributed by atoms with Crippen molar-refractivity contribution in [2.45, 2.75) is 27.2 Å². The number of benzene rings is 2. The number of hydrogen-bond acceptors (Lipinski definition) is 5. The first-order valence-electron chi connectivity index (χ1n) is 10.3. The summed E-state index contributed by atoms with van der Waals surface area (Å²) in [6.07, 6.45) is 1.84. The molecule has 0 fully saturated rings. The first kappa shape index (κ1) is 21.8. The number of aromatic nitrogens is 2. The predicted molar refractivity (Wildman–Crippen MR) is 126 cm³/mol. The molecule has 0 radical (unpaired) electrons. The number of carbonyl (C=O) groups excluding carboxylic acids is 2. The molecule has 32 heavy (non-hydrogen) atoms. The molecular weight excluding hydrogens is 426 g/mol. The van der Waals surface area contributed by atoms with Crippen LogP contribution in [0.25, 0.3) is 11.3 Å². The number of amides is 2. The Morgan fingerprint density at radius 1 is 1.16 bits per heavy atom. The lowest BCUT2D eigenvalue weighted by Crippen LogP contribution is -2.32. The molecule has 2 heterocycles. The van der Waals surface area contributed by atoms with Gasteiger partial charge in [0.15, 0.2) is 0 Å². The maximum absolute atomic E-state index is 12.3. The average molecular weight is 450 g/mol. The topological polar surface area (TPSA) is 96.0 Å². The summed E-state index contributed by atoms with van der Waals surface area (Å²) in [4.78, 5) is 33.6. The molecule has 164 valence electrons. The van der Waals surface area contributed by atoms with Crippen LogP contribution >= 0.6 is 11.6 Å². The molecule has 0 aliphatic carbocycles. The second kappa shape index (κ2) is 8.59. The van der Waals surface area contributed by atoms with Gasteiger partial charge in [-0.25, -0.2) is 9.97 Å². The van der Waals surface area contributed by atoms with E-state index in [1.165, 1.54) is 0 Å². The van der Waals surface area contributed by atoms with E-state index in [9.17, 15) is 9.59 Å². The van der Waals surface area contributed by atoms with Gasteiger partial charge in [-0.2, -0.15) is 0 Å². The minimum absolute atomic E-state index is 0.0178. The summed E-state index contributed by atoms with van der Waals surface area (Å²) in [7, 11) is 0. The Labute approximate surface area is 191 Å². The van der Waals surface area contributed by atoms with E-state index >= 15 is 0 Å². The Balaban J connectivity index is 1.55. The first-order chi connectivity index (χ1) is 15.2. The lowest BCUT2D eigenvalue weighted by molar-refractivity contribution is -0.115. The van der Waals surface area contributed by atoms with E-state index in [1.807, 2.05) is 6.07 Å². The van der Waals surface area contributed by atoms with Crippen molar-refractivity contribution in [1.82, 2.24) is 15.3 Å². The maximum atomic E-state index is 12.3. The van der Waals surface area contributed by atoms with Gasteiger partial charge >= 0.3 is 0 Å². The molecule has 1 aliphatic rings. The first-order valence-corrected chi connectivity index (χ1v) is 10.7.